The highest BCUT2D eigenvalue weighted by Gasteiger charge is 2.18. The lowest BCUT2D eigenvalue weighted by molar-refractivity contribution is 0.352. The minimum absolute atomic E-state index is 0.822. The molecule has 18 heavy (non-hydrogen) atoms. The molecule has 2 fully saturated rings. The summed E-state index contributed by atoms with van der Waals surface area (Å²) >= 11 is 0. The van der Waals surface area contributed by atoms with Crippen molar-refractivity contribution in [3.8, 4) is 0 Å². The molecule has 5 heteroatoms. The van der Waals surface area contributed by atoms with Gasteiger partial charge in [0.05, 0.1) is 0 Å². The molecular formula is C13H23N5. The summed E-state index contributed by atoms with van der Waals surface area (Å²) in [5, 5.41) is 10.8. The molecule has 1 aromatic heterocycles. The van der Waals surface area contributed by atoms with Gasteiger partial charge in [0.15, 0.2) is 0 Å². The van der Waals surface area contributed by atoms with Crippen LogP contribution in [-0.4, -0.2) is 41.4 Å². The first-order valence-corrected chi connectivity index (χ1v) is 7.29. The summed E-state index contributed by atoms with van der Waals surface area (Å²) in [5.74, 6) is 2.79. The van der Waals surface area contributed by atoms with Gasteiger partial charge >= 0.3 is 0 Å². The number of rotatable bonds is 3. The zero-order chi connectivity index (χ0) is 12.2. The van der Waals surface area contributed by atoms with Crippen LogP contribution in [0.5, 0.6) is 0 Å². The molecule has 0 bridgehead atoms. The standard InChI is InChI=1S/C13H23N5/c1-2-4-11(5-3-1)10-12-15-13(17-16-12)18-8-6-14-7-9-18/h11,14H,1-10H2,(H,15,16,17). The molecule has 0 radical (unpaired) electrons. The Bertz CT molecular complexity index is 363. The van der Waals surface area contributed by atoms with E-state index in [0.29, 0.717) is 0 Å². The lowest BCUT2D eigenvalue weighted by atomic mass is 9.87. The lowest BCUT2D eigenvalue weighted by Gasteiger charge is -2.25. The van der Waals surface area contributed by atoms with Crippen LogP contribution in [0, 0.1) is 5.92 Å². The van der Waals surface area contributed by atoms with E-state index in [1.54, 1.807) is 0 Å². The maximum Gasteiger partial charge on any atom is 0.244 e. The van der Waals surface area contributed by atoms with E-state index in [4.69, 9.17) is 0 Å². The second-order valence-electron chi connectivity index (χ2n) is 5.53. The SMILES string of the molecule is C1CCC(Cc2nc(N3CCNCC3)n[nH]2)CC1. The van der Waals surface area contributed by atoms with E-state index in [1.807, 2.05) is 0 Å². The largest absolute Gasteiger partial charge is 0.337 e. The van der Waals surface area contributed by atoms with Crippen LogP contribution in [0.2, 0.25) is 0 Å². The van der Waals surface area contributed by atoms with E-state index in [-0.39, 0.29) is 0 Å². The molecule has 0 amide bonds. The van der Waals surface area contributed by atoms with Crippen molar-refractivity contribution in [3.05, 3.63) is 5.82 Å². The third-order valence-corrected chi connectivity index (χ3v) is 4.13. The molecule has 100 valence electrons. The van der Waals surface area contributed by atoms with Gasteiger partial charge in [0.25, 0.3) is 0 Å². The molecule has 1 saturated heterocycles. The molecule has 2 aliphatic rings. The zero-order valence-electron chi connectivity index (χ0n) is 11.0. The van der Waals surface area contributed by atoms with Crippen molar-refractivity contribution in [2.24, 2.45) is 5.92 Å². The number of aromatic nitrogens is 3. The molecular weight excluding hydrogens is 226 g/mol. The third-order valence-electron chi connectivity index (χ3n) is 4.13. The van der Waals surface area contributed by atoms with Crippen molar-refractivity contribution < 1.29 is 0 Å². The van der Waals surface area contributed by atoms with Gasteiger partial charge in [-0.3, -0.25) is 5.10 Å². The molecule has 3 rings (SSSR count). The van der Waals surface area contributed by atoms with E-state index >= 15 is 0 Å². The summed E-state index contributed by atoms with van der Waals surface area (Å²) < 4.78 is 0. The molecule has 1 aliphatic heterocycles. The minimum Gasteiger partial charge on any atom is -0.337 e. The van der Waals surface area contributed by atoms with E-state index in [2.05, 4.69) is 25.4 Å². The van der Waals surface area contributed by atoms with Gasteiger partial charge in [-0.25, -0.2) is 0 Å². The summed E-state index contributed by atoms with van der Waals surface area (Å²) in [5.41, 5.74) is 0. The quantitative estimate of drug-likeness (QED) is 0.848. The highest BCUT2D eigenvalue weighted by Crippen LogP contribution is 2.26. The second kappa shape index (κ2) is 5.69. The van der Waals surface area contributed by atoms with E-state index in [0.717, 1.165) is 50.3 Å². The van der Waals surface area contributed by atoms with Crippen LogP contribution in [0.4, 0.5) is 5.95 Å². The molecule has 1 saturated carbocycles. The highest BCUT2D eigenvalue weighted by atomic mass is 15.4. The van der Waals surface area contributed by atoms with Crippen LogP contribution in [0.25, 0.3) is 0 Å². The van der Waals surface area contributed by atoms with Crippen LogP contribution in [0.3, 0.4) is 0 Å². The predicted octanol–water partition coefficient (Wildman–Crippen LogP) is 1.34. The van der Waals surface area contributed by atoms with Crippen molar-refractivity contribution in [3.63, 3.8) is 0 Å². The Labute approximate surface area is 108 Å². The Hall–Kier alpha value is -1.10. The van der Waals surface area contributed by atoms with Crippen molar-refractivity contribution in [2.45, 2.75) is 38.5 Å². The number of H-pyrrole nitrogens is 1. The normalized spacial score (nSPS) is 22.3. The van der Waals surface area contributed by atoms with Crippen molar-refractivity contribution >= 4 is 5.95 Å². The Kier molecular flexibility index (Phi) is 3.78. The first-order chi connectivity index (χ1) is 8.92. The first-order valence-electron chi connectivity index (χ1n) is 7.29. The molecule has 2 N–H and O–H groups in total. The van der Waals surface area contributed by atoms with E-state index in [9.17, 15) is 0 Å². The van der Waals surface area contributed by atoms with Crippen molar-refractivity contribution in [1.82, 2.24) is 20.5 Å². The fourth-order valence-electron chi connectivity index (χ4n) is 3.05. The number of hydrogen-bond acceptors (Lipinski definition) is 4. The smallest absolute Gasteiger partial charge is 0.244 e. The summed E-state index contributed by atoms with van der Waals surface area (Å²) in [6.45, 7) is 4.10. The Morgan fingerprint density at radius 1 is 1.11 bits per heavy atom. The average molecular weight is 249 g/mol. The topological polar surface area (TPSA) is 56.8 Å². The Morgan fingerprint density at radius 2 is 1.89 bits per heavy atom. The van der Waals surface area contributed by atoms with E-state index in [1.165, 1.54) is 32.1 Å². The van der Waals surface area contributed by atoms with Crippen LogP contribution in [0.1, 0.15) is 37.9 Å². The minimum atomic E-state index is 0.822. The van der Waals surface area contributed by atoms with Gasteiger partial charge in [-0.05, 0) is 5.92 Å². The molecule has 0 aromatic carbocycles. The second-order valence-corrected chi connectivity index (χ2v) is 5.53. The zero-order valence-corrected chi connectivity index (χ0v) is 11.0. The van der Waals surface area contributed by atoms with Crippen LogP contribution in [-0.2, 0) is 6.42 Å². The number of nitrogens with one attached hydrogen (secondary N) is 2. The molecule has 1 aliphatic carbocycles. The molecule has 1 aromatic rings. The van der Waals surface area contributed by atoms with Gasteiger partial charge in [0.2, 0.25) is 5.95 Å². The van der Waals surface area contributed by atoms with Crippen molar-refractivity contribution in [2.75, 3.05) is 31.1 Å². The molecule has 0 atom stereocenters. The van der Waals surface area contributed by atoms with Crippen LogP contribution >= 0.6 is 0 Å². The first kappa shape index (κ1) is 12.0. The fourth-order valence-corrected chi connectivity index (χ4v) is 3.05. The molecule has 2 heterocycles. The van der Waals surface area contributed by atoms with E-state index < -0.39 is 0 Å². The maximum absolute atomic E-state index is 4.66. The summed E-state index contributed by atoms with van der Waals surface area (Å²) in [7, 11) is 0. The Morgan fingerprint density at radius 3 is 2.67 bits per heavy atom. The summed E-state index contributed by atoms with van der Waals surface area (Å²) in [6.07, 6.45) is 8.01. The van der Waals surface area contributed by atoms with Gasteiger partial charge in [-0.1, -0.05) is 32.1 Å². The number of piperazine rings is 1. The number of aromatic amines is 1. The fraction of sp³-hybridized carbons (Fsp3) is 0.846. The average Bonchev–Trinajstić information content (AvgIpc) is 2.89. The lowest BCUT2D eigenvalue weighted by Crippen LogP contribution is -2.44. The Balaban J connectivity index is 1.58. The number of hydrogen-bond donors (Lipinski definition) is 2. The molecule has 0 spiro atoms. The number of anilines is 1. The van der Waals surface area contributed by atoms with Gasteiger partial charge in [-0.2, -0.15) is 4.98 Å². The van der Waals surface area contributed by atoms with Gasteiger partial charge in [0.1, 0.15) is 5.82 Å². The summed E-state index contributed by atoms with van der Waals surface area (Å²) in [6, 6.07) is 0. The molecule has 5 nitrogen and oxygen atoms in total. The van der Waals surface area contributed by atoms with Gasteiger partial charge in [-0.15, -0.1) is 5.10 Å². The van der Waals surface area contributed by atoms with Crippen LogP contribution < -0.4 is 10.2 Å². The van der Waals surface area contributed by atoms with Gasteiger partial charge < -0.3 is 10.2 Å². The van der Waals surface area contributed by atoms with Gasteiger partial charge in [0, 0.05) is 32.6 Å². The third kappa shape index (κ3) is 2.83. The summed E-state index contributed by atoms with van der Waals surface area (Å²) in [4.78, 5) is 6.92. The van der Waals surface area contributed by atoms with Crippen LogP contribution in [0.15, 0.2) is 0 Å². The predicted molar refractivity (Wildman–Crippen MR) is 71.7 cm³/mol. The number of nitrogens with zero attached hydrogens (tertiary/aromatic N) is 3. The van der Waals surface area contributed by atoms with Crippen molar-refractivity contribution in [1.29, 1.82) is 0 Å². The monoisotopic (exact) mass is 249 g/mol. The molecule has 0 unspecified atom stereocenters. The highest BCUT2D eigenvalue weighted by molar-refractivity contribution is 5.29. The maximum atomic E-state index is 4.66.